The van der Waals surface area contributed by atoms with Gasteiger partial charge in [0.2, 0.25) is 0 Å². The molecule has 1 aliphatic rings. The van der Waals surface area contributed by atoms with E-state index in [4.69, 9.17) is 4.74 Å². The Bertz CT molecular complexity index is 191. The van der Waals surface area contributed by atoms with E-state index < -0.39 is 0 Å². The van der Waals surface area contributed by atoms with Crippen molar-refractivity contribution in [3.05, 3.63) is 23.8 Å². The van der Waals surface area contributed by atoms with E-state index in [1.54, 1.807) is 7.11 Å². The molecular formula is C13H24O. The first-order valence-electron chi connectivity index (χ1n) is 5.61. The van der Waals surface area contributed by atoms with Gasteiger partial charge in [-0.1, -0.05) is 45.9 Å². The van der Waals surface area contributed by atoms with Crippen LogP contribution in [0, 0.1) is 11.8 Å². The SMILES string of the molecule is CC.COCC(C)C1=CCC(C)C=C1. The fraction of sp³-hybridized carbons (Fsp3) is 0.692. The lowest BCUT2D eigenvalue weighted by Crippen LogP contribution is -2.08. The molecule has 1 rings (SSSR count). The number of methoxy groups -OCH3 is 1. The van der Waals surface area contributed by atoms with Crippen LogP contribution in [-0.2, 0) is 4.74 Å². The normalized spacial score (nSPS) is 22.1. The lowest BCUT2D eigenvalue weighted by Gasteiger charge is -2.16. The van der Waals surface area contributed by atoms with Gasteiger partial charge in [0, 0.05) is 13.0 Å². The zero-order chi connectivity index (χ0) is 11.0. The highest BCUT2D eigenvalue weighted by Gasteiger charge is 2.09. The Labute approximate surface area is 88.9 Å². The summed E-state index contributed by atoms with van der Waals surface area (Å²) in [4.78, 5) is 0. The fourth-order valence-electron chi connectivity index (χ4n) is 1.46. The van der Waals surface area contributed by atoms with E-state index in [1.165, 1.54) is 12.0 Å². The van der Waals surface area contributed by atoms with Gasteiger partial charge < -0.3 is 4.74 Å². The van der Waals surface area contributed by atoms with E-state index in [9.17, 15) is 0 Å². The average molecular weight is 196 g/mol. The van der Waals surface area contributed by atoms with Crippen LogP contribution in [0.25, 0.3) is 0 Å². The molecule has 0 radical (unpaired) electrons. The molecule has 2 unspecified atom stereocenters. The van der Waals surface area contributed by atoms with Gasteiger partial charge in [0.25, 0.3) is 0 Å². The maximum Gasteiger partial charge on any atom is 0.0528 e. The third kappa shape index (κ3) is 4.61. The van der Waals surface area contributed by atoms with Crippen LogP contribution >= 0.6 is 0 Å². The van der Waals surface area contributed by atoms with Crippen molar-refractivity contribution < 1.29 is 4.74 Å². The summed E-state index contributed by atoms with van der Waals surface area (Å²) in [6.45, 7) is 9.27. The Morgan fingerprint density at radius 1 is 1.50 bits per heavy atom. The summed E-state index contributed by atoms with van der Waals surface area (Å²) in [5, 5.41) is 0. The molecule has 0 saturated heterocycles. The van der Waals surface area contributed by atoms with Crippen LogP contribution < -0.4 is 0 Å². The summed E-state index contributed by atoms with van der Waals surface area (Å²) in [5.74, 6) is 1.25. The largest absolute Gasteiger partial charge is 0.384 e. The first-order valence-corrected chi connectivity index (χ1v) is 5.61. The second-order valence-electron chi connectivity index (χ2n) is 3.63. The van der Waals surface area contributed by atoms with Crippen LogP contribution in [0.2, 0.25) is 0 Å². The third-order valence-electron chi connectivity index (χ3n) is 2.33. The fourth-order valence-corrected chi connectivity index (χ4v) is 1.46. The minimum Gasteiger partial charge on any atom is -0.384 e. The molecule has 82 valence electrons. The molecule has 14 heavy (non-hydrogen) atoms. The molecule has 0 heterocycles. The molecule has 0 spiro atoms. The van der Waals surface area contributed by atoms with Crippen molar-refractivity contribution in [2.24, 2.45) is 11.8 Å². The van der Waals surface area contributed by atoms with Gasteiger partial charge in [0.05, 0.1) is 6.61 Å². The standard InChI is InChI=1S/C11H18O.C2H6/c1-9-4-6-11(7-5-9)10(2)8-12-3;1-2/h4,6-7,9-10H,5,8H2,1-3H3;1-2H3. The van der Waals surface area contributed by atoms with Crippen molar-refractivity contribution in [3.8, 4) is 0 Å². The van der Waals surface area contributed by atoms with Crippen LogP contribution in [0.5, 0.6) is 0 Å². The van der Waals surface area contributed by atoms with E-state index >= 15 is 0 Å². The van der Waals surface area contributed by atoms with E-state index in [0.29, 0.717) is 11.8 Å². The highest BCUT2D eigenvalue weighted by Crippen LogP contribution is 2.21. The Kier molecular flexibility index (Phi) is 7.50. The van der Waals surface area contributed by atoms with Crippen LogP contribution in [0.1, 0.15) is 34.1 Å². The number of rotatable bonds is 3. The Balaban J connectivity index is 0.000000791. The van der Waals surface area contributed by atoms with E-state index in [-0.39, 0.29) is 0 Å². The van der Waals surface area contributed by atoms with Crippen molar-refractivity contribution in [1.82, 2.24) is 0 Å². The predicted molar refractivity (Wildman–Crippen MR) is 63.4 cm³/mol. The van der Waals surface area contributed by atoms with Gasteiger partial charge in [-0.3, -0.25) is 0 Å². The summed E-state index contributed by atoms with van der Waals surface area (Å²) in [7, 11) is 1.76. The number of ether oxygens (including phenoxy) is 1. The molecule has 0 aliphatic heterocycles. The molecule has 0 aromatic rings. The lowest BCUT2D eigenvalue weighted by atomic mass is 9.92. The van der Waals surface area contributed by atoms with Crippen LogP contribution in [-0.4, -0.2) is 13.7 Å². The summed E-state index contributed by atoms with van der Waals surface area (Å²) in [6, 6.07) is 0. The lowest BCUT2D eigenvalue weighted by molar-refractivity contribution is 0.173. The highest BCUT2D eigenvalue weighted by atomic mass is 16.5. The summed E-state index contributed by atoms with van der Waals surface area (Å²) in [5.41, 5.74) is 1.43. The number of hydrogen-bond acceptors (Lipinski definition) is 1. The Hall–Kier alpha value is -0.560. The molecule has 1 heteroatoms. The molecule has 0 bridgehead atoms. The maximum absolute atomic E-state index is 5.11. The minimum absolute atomic E-state index is 0.541. The van der Waals surface area contributed by atoms with E-state index in [0.717, 1.165) is 6.61 Å². The predicted octanol–water partition coefficient (Wildman–Crippen LogP) is 3.82. The molecule has 1 nitrogen and oxygen atoms in total. The van der Waals surface area contributed by atoms with Crippen molar-refractivity contribution in [2.75, 3.05) is 13.7 Å². The van der Waals surface area contributed by atoms with Crippen LogP contribution in [0.4, 0.5) is 0 Å². The van der Waals surface area contributed by atoms with Crippen molar-refractivity contribution >= 4 is 0 Å². The van der Waals surface area contributed by atoms with E-state index in [2.05, 4.69) is 32.1 Å². The van der Waals surface area contributed by atoms with E-state index in [1.807, 2.05) is 13.8 Å². The van der Waals surface area contributed by atoms with Gasteiger partial charge in [0.1, 0.15) is 0 Å². The van der Waals surface area contributed by atoms with Gasteiger partial charge in [-0.05, 0) is 17.9 Å². The molecular weight excluding hydrogens is 172 g/mol. The summed E-state index contributed by atoms with van der Waals surface area (Å²) in [6.07, 6.45) is 8.02. The van der Waals surface area contributed by atoms with Crippen LogP contribution in [0.15, 0.2) is 23.8 Å². The van der Waals surface area contributed by atoms with Crippen molar-refractivity contribution in [2.45, 2.75) is 34.1 Å². The second-order valence-corrected chi connectivity index (χ2v) is 3.63. The second kappa shape index (κ2) is 7.81. The van der Waals surface area contributed by atoms with Gasteiger partial charge in [-0.15, -0.1) is 0 Å². The zero-order valence-corrected chi connectivity index (χ0v) is 10.2. The number of allylic oxidation sites excluding steroid dienone is 3. The van der Waals surface area contributed by atoms with Gasteiger partial charge in [-0.25, -0.2) is 0 Å². The Morgan fingerprint density at radius 3 is 2.57 bits per heavy atom. The molecule has 0 saturated carbocycles. The molecule has 0 fully saturated rings. The zero-order valence-electron chi connectivity index (χ0n) is 10.2. The average Bonchev–Trinajstić information content (AvgIpc) is 2.22. The molecule has 0 N–H and O–H groups in total. The third-order valence-corrected chi connectivity index (χ3v) is 2.33. The molecule has 0 aromatic carbocycles. The highest BCUT2D eigenvalue weighted by molar-refractivity contribution is 5.25. The maximum atomic E-state index is 5.11. The van der Waals surface area contributed by atoms with Gasteiger partial charge >= 0.3 is 0 Å². The first kappa shape index (κ1) is 13.4. The van der Waals surface area contributed by atoms with Gasteiger partial charge in [0.15, 0.2) is 0 Å². The first-order chi connectivity index (χ1) is 6.74. The molecule has 1 aliphatic carbocycles. The van der Waals surface area contributed by atoms with Crippen LogP contribution in [0.3, 0.4) is 0 Å². The topological polar surface area (TPSA) is 9.23 Å². The van der Waals surface area contributed by atoms with Gasteiger partial charge in [-0.2, -0.15) is 0 Å². The smallest absolute Gasteiger partial charge is 0.0528 e. The Morgan fingerprint density at radius 2 is 2.14 bits per heavy atom. The van der Waals surface area contributed by atoms with Crippen molar-refractivity contribution in [1.29, 1.82) is 0 Å². The molecule has 2 atom stereocenters. The summed E-state index contributed by atoms with van der Waals surface area (Å²) < 4.78 is 5.11. The van der Waals surface area contributed by atoms with Crippen molar-refractivity contribution in [3.63, 3.8) is 0 Å². The molecule has 0 aromatic heterocycles. The monoisotopic (exact) mass is 196 g/mol. The quantitative estimate of drug-likeness (QED) is 0.667. The number of hydrogen-bond donors (Lipinski definition) is 0. The minimum atomic E-state index is 0.541. The summed E-state index contributed by atoms with van der Waals surface area (Å²) >= 11 is 0. The molecule has 0 amide bonds.